The Bertz CT molecular complexity index is 825. The van der Waals surface area contributed by atoms with Crippen LogP contribution >= 0.6 is 0 Å². The van der Waals surface area contributed by atoms with Crippen LogP contribution in [0.3, 0.4) is 0 Å². The van der Waals surface area contributed by atoms with E-state index in [1.54, 1.807) is 12.0 Å². The Morgan fingerprint density at radius 1 is 1.00 bits per heavy atom. The first kappa shape index (κ1) is 20.8. The number of amides is 1. The van der Waals surface area contributed by atoms with E-state index in [2.05, 4.69) is 4.90 Å². The summed E-state index contributed by atoms with van der Waals surface area (Å²) in [6, 6.07) is 12.6. The molecule has 0 bridgehead atoms. The highest BCUT2D eigenvalue weighted by Gasteiger charge is 2.34. The number of benzene rings is 2. The van der Waals surface area contributed by atoms with Crippen LogP contribution in [0.25, 0.3) is 0 Å². The monoisotopic (exact) mass is 408 g/mol. The SMILES string of the molecule is COc1ccc(N2CCCN(C(=O)COc3ccccc3C(F)(F)F)CC2)cc1. The van der Waals surface area contributed by atoms with Crippen LogP contribution in [0.1, 0.15) is 12.0 Å². The van der Waals surface area contributed by atoms with Gasteiger partial charge in [-0.25, -0.2) is 0 Å². The van der Waals surface area contributed by atoms with Gasteiger partial charge in [-0.3, -0.25) is 4.79 Å². The number of hydrogen-bond acceptors (Lipinski definition) is 4. The molecule has 1 aliphatic heterocycles. The van der Waals surface area contributed by atoms with Gasteiger partial charge in [0.05, 0.1) is 12.7 Å². The molecule has 156 valence electrons. The molecule has 0 N–H and O–H groups in total. The second kappa shape index (κ2) is 9.07. The van der Waals surface area contributed by atoms with Crippen molar-refractivity contribution in [1.82, 2.24) is 4.90 Å². The molecule has 1 fully saturated rings. The number of anilines is 1. The lowest BCUT2D eigenvalue weighted by Gasteiger charge is -2.24. The summed E-state index contributed by atoms with van der Waals surface area (Å²) in [5, 5.41) is 0. The van der Waals surface area contributed by atoms with E-state index in [9.17, 15) is 18.0 Å². The zero-order valence-electron chi connectivity index (χ0n) is 16.1. The first-order chi connectivity index (χ1) is 13.9. The predicted octanol–water partition coefficient (Wildman–Crippen LogP) is 3.83. The Morgan fingerprint density at radius 2 is 1.72 bits per heavy atom. The lowest BCUT2D eigenvalue weighted by Crippen LogP contribution is -2.38. The molecule has 1 amide bonds. The van der Waals surface area contributed by atoms with Crippen molar-refractivity contribution in [2.75, 3.05) is 44.8 Å². The quantitative estimate of drug-likeness (QED) is 0.754. The van der Waals surface area contributed by atoms with Gasteiger partial charge >= 0.3 is 6.18 Å². The topological polar surface area (TPSA) is 42.0 Å². The van der Waals surface area contributed by atoms with Gasteiger partial charge in [-0.2, -0.15) is 13.2 Å². The maximum absolute atomic E-state index is 13.0. The Morgan fingerprint density at radius 3 is 2.41 bits per heavy atom. The third kappa shape index (κ3) is 5.34. The summed E-state index contributed by atoms with van der Waals surface area (Å²) >= 11 is 0. The minimum absolute atomic E-state index is 0.321. The van der Waals surface area contributed by atoms with Gasteiger partial charge in [0, 0.05) is 31.9 Å². The number of methoxy groups -OCH3 is 1. The van der Waals surface area contributed by atoms with Gasteiger partial charge in [0.15, 0.2) is 6.61 Å². The van der Waals surface area contributed by atoms with E-state index in [1.807, 2.05) is 24.3 Å². The van der Waals surface area contributed by atoms with Crippen molar-refractivity contribution in [3.8, 4) is 11.5 Å². The number of para-hydroxylation sites is 1. The average molecular weight is 408 g/mol. The molecular formula is C21H23F3N2O3. The van der Waals surface area contributed by atoms with Crippen LogP contribution in [0.15, 0.2) is 48.5 Å². The highest BCUT2D eigenvalue weighted by Crippen LogP contribution is 2.35. The Kier molecular flexibility index (Phi) is 6.51. The molecule has 3 rings (SSSR count). The van der Waals surface area contributed by atoms with Crippen molar-refractivity contribution >= 4 is 11.6 Å². The highest BCUT2D eigenvalue weighted by molar-refractivity contribution is 5.78. The molecule has 1 aliphatic rings. The van der Waals surface area contributed by atoms with Crippen molar-refractivity contribution in [2.24, 2.45) is 0 Å². The summed E-state index contributed by atoms with van der Waals surface area (Å²) in [6.45, 7) is 2.02. The largest absolute Gasteiger partial charge is 0.497 e. The summed E-state index contributed by atoms with van der Waals surface area (Å²) in [4.78, 5) is 16.3. The van der Waals surface area contributed by atoms with Crippen LogP contribution in [0.2, 0.25) is 0 Å². The van der Waals surface area contributed by atoms with Crippen molar-refractivity contribution < 1.29 is 27.4 Å². The average Bonchev–Trinajstić information content (AvgIpc) is 2.98. The molecule has 2 aromatic carbocycles. The fraction of sp³-hybridized carbons (Fsp3) is 0.381. The van der Waals surface area contributed by atoms with Crippen LogP contribution in [0.4, 0.5) is 18.9 Å². The molecular weight excluding hydrogens is 385 g/mol. The third-order valence-corrected chi connectivity index (χ3v) is 4.83. The van der Waals surface area contributed by atoms with E-state index in [-0.39, 0.29) is 11.7 Å². The van der Waals surface area contributed by atoms with Crippen molar-refractivity contribution in [3.63, 3.8) is 0 Å². The van der Waals surface area contributed by atoms with E-state index in [0.29, 0.717) is 19.6 Å². The number of ether oxygens (including phenoxy) is 2. The zero-order chi connectivity index (χ0) is 20.9. The first-order valence-electron chi connectivity index (χ1n) is 9.34. The Balaban J connectivity index is 1.57. The summed E-state index contributed by atoms with van der Waals surface area (Å²) in [5.74, 6) is 0.123. The normalized spacial score (nSPS) is 15.0. The second-order valence-corrected chi connectivity index (χ2v) is 6.70. The summed E-state index contributed by atoms with van der Waals surface area (Å²) in [5.41, 5.74) is 0.157. The van der Waals surface area contributed by atoms with E-state index < -0.39 is 18.3 Å². The van der Waals surface area contributed by atoms with Crippen LogP contribution in [0.5, 0.6) is 11.5 Å². The number of halogens is 3. The molecule has 0 unspecified atom stereocenters. The van der Waals surface area contributed by atoms with Gasteiger partial charge in [-0.1, -0.05) is 12.1 Å². The maximum Gasteiger partial charge on any atom is 0.419 e. The number of carbonyl (C=O) groups is 1. The number of alkyl halides is 3. The van der Waals surface area contributed by atoms with Crippen LogP contribution in [0, 0.1) is 0 Å². The van der Waals surface area contributed by atoms with Crippen molar-refractivity contribution in [2.45, 2.75) is 12.6 Å². The Hall–Kier alpha value is -2.90. The smallest absolute Gasteiger partial charge is 0.419 e. The minimum atomic E-state index is -4.53. The Labute approximate surface area is 167 Å². The van der Waals surface area contributed by atoms with Gasteiger partial charge in [-0.15, -0.1) is 0 Å². The molecule has 1 saturated heterocycles. The summed E-state index contributed by atoms with van der Waals surface area (Å²) < 4.78 is 49.5. The lowest BCUT2D eigenvalue weighted by atomic mass is 10.2. The van der Waals surface area contributed by atoms with Gasteiger partial charge < -0.3 is 19.3 Å². The number of nitrogens with zero attached hydrogens (tertiary/aromatic N) is 2. The van der Waals surface area contributed by atoms with E-state index >= 15 is 0 Å². The second-order valence-electron chi connectivity index (χ2n) is 6.70. The highest BCUT2D eigenvalue weighted by atomic mass is 19.4. The molecule has 0 aromatic heterocycles. The molecule has 8 heteroatoms. The van der Waals surface area contributed by atoms with E-state index in [1.165, 1.54) is 18.2 Å². The van der Waals surface area contributed by atoms with Crippen molar-refractivity contribution in [3.05, 3.63) is 54.1 Å². The molecule has 0 atom stereocenters. The summed E-state index contributed by atoms with van der Waals surface area (Å²) in [6.07, 6.45) is -3.77. The van der Waals surface area contributed by atoms with E-state index in [0.717, 1.165) is 30.5 Å². The third-order valence-electron chi connectivity index (χ3n) is 4.83. The fourth-order valence-corrected chi connectivity index (χ4v) is 3.28. The lowest BCUT2D eigenvalue weighted by molar-refractivity contribution is -0.141. The van der Waals surface area contributed by atoms with Crippen molar-refractivity contribution in [1.29, 1.82) is 0 Å². The number of carbonyl (C=O) groups excluding carboxylic acids is 1. The number of hydrogen-bond donors (Lipinski definition) is 0. The molecule has 29 heavy (non-hydrogen) atoms. The minimum Gasteiger partial charge on any atom is -0.497 e. The van der Waals surface area contributed by atoms with E-state index in [4.69, 9.17) is 9.47 Å². The van der Waals surface area contributed by atoms with Crippen LogP contribution in [-0.4, -0.2) is 50.7 Å². The first-order valence-corrected chi connectivity index (χ1v) is 9.34. The van der Waals surface area contributed by atoms with Gasteiger partial charge in [-0.05, 0) is 42.8 Å². The molecule has 5 nitrogen and oxygen atoms in total. The van der Waals surface area contributed by atoms with Gasteiger partial charge in [0.1, 0.15) is 11.5 Å². The molecule has 1 heterocycles. The van der Waals surface area contributed by atoms with Crippen LogP contribution < -0.4 is 14.4 Å². The summed E-state index contributed by atoms with van der Waals surface area (Å²) in [7, 11) is 1.61. The van der Waals surface area contributed by atoms with Crippen LogP contribution in [-0.2, 0) is 11.0 Å². The molecule has 0 spiro atoms. The molecule has 2 aromatic rings. The van der Waals surface area contributed by atoms with Gasteiger partial charge in [0.2, 0.25) is 0 Å². The number of rotatable bonds is 5. The molecule has 0 aliphatic carbocycles. The predicted molar refractivity (Wildman–Crippen MR) is 103 cm³/mol. The fourth-order valence-electron chi connectivity index (χ4n) is 3.28. The maximum atomic E-state index is 13.0. The molecule has 0 saturated carbocycles. The zero-order valence-corrected chi connectivity index (χ0v) is 16.1. The standard InChI is InChI=1S/C21H23F3N2O3/c1-28-17-9-7-16(8-10-17)25-11-4-12-26(14-13-25)20(27)15-29-19-6-3-2-5-18(19)21(22,23)24/h2-3,5-10H,4,11-15H2,1H3. The molecule has 0 radical (unpaired) electrons. The van der Waals surface area contributed by atoms with Gasteiger partial charge in [0.25, 0.3) is 5.91 Å².